The van der Waals surface area contributed by atoms with Gasteiger partial charge in [0.2, 0.25) is 15.9 Å². The number of hydrogen-bond acceptors (Lipinski definition) is 5. The van der Waals surface area contributed by atoms with Crippen LogP contribution >= 0.6 is 11.6 Å². The Balaban J connectivity index is 1.42. The van der Waals surface area contributed by atoms with E-state index in [0.717, 1.165) is 6.42 Å². The second-order valence-electron chi connectivity index (χ2n) is 8.57. The summed E-state index contributed by atoms with van der Waals surface area (Å²) in [7, 11) is -3.23. The third-order valence-corrected chi connectivity index (χ3v) is 7.90. The van der Waals surface area contributed by atoms with E-state index in [4.69, 9.17) is 16.3 Å². The summed E-state index contributed by atoms with van der Waals surface area (Å²) in [6.07, 6.45) is 3.58. The molecule has 2 aliphatic heterocycles. The number of nitrogens with zero attached hydrogens (tertiary/aromatic N) is 4. The van der Waals surface area contributed by atoms with Crippen molar-refractivity contribution in [3.05, 3.63) is 59.2 Å². The topological polar surface area (TPSA) is 83.1 Å². The first-order chi connectivity index (χ1) is 15.8. The third kappa shape index (κ3) is 5.96. The van der Waals surface area contributed by atoms with Gasteiger partial charge in [-0.25, -0.2) is 18.2 Å². The van der Waals surface area contributed by atoms with Crippen LogP contribution in [0.4, 0.5) is 4.79 Å². The summed E-state index contributed by atoms with van der Waals surface area (Å²) in [5.74, 6) is 0.901. The fourth-order valence-corrected chi connectivity index (χ4v) is 5.44. The molecule has 2 saturated heterocycles. The van der Waals surface area contributed by atoms with Gasteiger partial charge in [-0.15, -0.1) is 0 Å². The summed E-state index contributed by atoms with van der Waals surface area (Å²) >= 11 is 5.91. The van der Waals surface area contributed by atoms with Gasteiger partial charge in [0.25, 0.3) is 0 Å². The van der Waals surface area contributed by atoms with Gasteiger partial charge in [-0.3, -0.25) is 0 Å². The van der Waals surface area contributed by atoms with Crippen LogP contribution in [-0.4, -0.2) is 85.7 Å². The molecule has 10 heteroatoms. The molecule has 2 amide bonds. The van der Waals surface area contributed by atoms with Crippen LogP contribution in [0.15, 0.2) is 48.7 Å². The number of aromatic nitrogens is 1. The second kappa shape index (κ2) is 10.3. The molecule has 2 fully saturated rings. The van der Waals surface area contributed by atoms with Gasteiger partial charge in [-0.2, -0.15) is 4.31 Å². The monoisotopic (exact) mass is 492 g/mol. The Morgan fingerprint density at radius 2 is 1.79 bits per heavy atom. The molecule has 2 aromatic rings. The van der Waals surface area contributed by atoms with Crippen molar-refractivity contribution in [2.24, 2.45) is 5.92 Å². The van der Waals surface area contributed by atoms with E-state index in [1.54, 1.807) is 23.2 Å². The Hall–Kier alpha value is -2.36. The van der Waals surface area contributed by atoms with Gasteiger partial charge >= 0.3 is 6.03 Å². The van der Waals surface area contributed by atoms with Gasteiger partial charge in [0.05, 0.1) is 17.9 Å². The van der Waals surface area contributed by atoms with E-state index in [1.165, 1.54) is 16.1 Å². The molecule has 2 aliphatic rings. The van der Waals surface area contributed by atoms with Crippen molar-refractivity contribution >= 4 is 27.7 Å². The summed E-state index contributed by atoms with van der Waals surface area (Å²) in [4.78, 5) is 21.1. The fourth-order valence-electron chi connectivity index (χ4n) is 4.50. The average Bonchev–Trinajstić information content (AvgIpc) is 2.83. The number of ether oxygens (including phenoxy) is 1. The first kappa shape index (κ1) is 23.8. The molecule has 4 rings (SSSR count). The first-order valence-electron chi connectivity index (χ1n) is 11.1. The van der Waals surface area contributed by atoms with Crippen LogP contribution in [0.2, 0.25) is 5.02 Å². The van der Waals surface area contributed by atoms with Crippen molar-refractivity contribution in [1.82, 2.24) is 19.1 Å². The molecule has 1 aromatic carbocycles. The SMILES string of the molecule is CS(=O)(=O)N1CCN(C(=O)N2CCC(COc3ccc(Cl)cn3)C(c3ccccc3)C2)CC1. The summed E-state index contributed by atoms with van der Waals surface area (Å²) in [5, 5.41) is 0.564. The van der Waals surface area contributed by atoms with E-state index < -0.39 is 10.0 Å². The van der Waals surface area contributed by atoms with E-state index in [9.17, 15) is 13.2 Å². The standard InChI is InChI=1S/C23H29ClN4O4S/c1-33(30,31)28-13-11-26(12-14-28)23(29)27-10-9-19(17-32-22-8-7-20(24)15-25-22)21(16-27)18-5-3-2-4-6-18/h2-8,15,19,21H,9-14,16-17H2,1H3. The number of urea groups is 1. The molecule has 2 atom stereocenters. The van der Waals surface area contributed by atoms with Gasteiger partial charge < -0.3 is 14.5 Å². The number of sulfonamides is 1. The van der Waals surface area contributed by atoms with Crippen molar-refractivity contribution in [3.8, 4) is 5.88 Å². The van der Waals surface area contributed by atoms with E-state index in [0.29, 0.717) is 56.8 Å². The maximum atomic E-state index is 13.2. The van der Waals surface area contributed by atoms with Gasteiger partial charge in [-0.1, -0.05) is 41.9 Å². The molecule has 178 valence electrons. The molecule has 2 unspecified atom stereocenters. The fraction of sp³-hybridized carbons (Fsp3) is 0.478. The van der Waals surface area contributed by atoms with Crippen molar-refractivity contribution in [3.63, 3.8) is 0 Å². The van der Waals surface area contributed by atoms with Crippen molar-refractivity contribution in [1.29, 1.82) is 0 Å². The van der Waals surface area contributed by atoms with Crippen molar-refractivity contribution in [2.45, 2.75) is 12.3 Å². The van der Waals surface area contributed by atoms with E-state index >= 15 is 0 Å². The minimum absolute atomic E-state index is 0.0252. The highest BCUT2D eigenvalue weighted by Gasteiger charge is 2.36. The highest BCUT2D eigenvalue weighted by Crippen LogP contribution is 2.33. The van der Waals surface area contributed by atoms with E-state index in [1.807, 2.05) is 23.1 Å². The van der Waals surface area contributed by atoms with Gasteiger partial charge in [0.15, 0.2) is 0 Å². The number of rotatable bonds is 5. The normalized spacial score (nSPS) is 22.2. The quantitative estimate of drug-likeness (QED) is 0.641. The lowest BCUT2D eigenvalue weighted by Crippen LogP contribution is -2.55. The number of likely N-dealkylation sites (tertiary alicyclic amines) is 1. The van der Waals surface area contributed by atoms with Crippen LogP contribution in [0, 0.1) is 5.92 Å². The molecular weight excluding hydrogens is 464 g/mol. The van der Waals surface area contributed by atoms with Crippen LogP contribution < -0.4 is 4.74 Å². The lowest BCUT2D eigenvalue weighted by atomic mass is 9.81. The molecule has 0 N–H and O–H groups in total. The zero-order valence-electron chi connectivity index (χ0n) is 18.6. The highest BCUT2D eigenvalue weighted by molar-refractivity contribution is 7.88. The maximum Gasteiger partial charge on any atom is 0.320 e. The summed E-state index contributed by atoms with van der Waals surface area (Å²) in [5.41, 5.74) is 1.18. The number of carbonyl (C=O) groups excluding carboxylic acids is 1. The molecule has 0 spiro atoms. The summed E-state index contributed by atoms with van der Waals surface area (Å²) < 4.78 is 30.9. The molecule has 3 heterocycles. The second-order valence-corrected chi connectivity index (χ2v) is 11.0. The number of carbonyl (C=O) groups is 1. The van der Waals surface area contributed by atoms with Crippen LogP contribution in [-0.2, 0) is 10.0 Å². The number of piperidine rings is 1. The third-order valence-electron chi connectivity index (χ3n) is 6.38. The minimum atomic E-state index is -3.23. The predicted molar refractivity (Wildman–Crippen MR) is 127 cm³/mol. The lowest BCUT2D eigenvalue weighted by molar-refractivity contribution is 0.0959. The van der Waals surface area contributed by atoms with E-state index in [2.05, 4.69) is 17.1 Å². The molecule has 33 heavy (non-hydrogen) atoms. The Kier molecular flexibility index (Phi) is 7.41. The lowest BCUT2D eigenvalue weighted by Gasteiger charge is -2.42. The molecule has 1 aromatic heterocycles. The smallest absolute Gasteiger partial charge is 0.320 e. The van der Waals surface area contributed by atoms with Gasteiger partial charge in [0.1, 0.15) is 0 Å². The Labute approximate surface area is 200 Å². The Bertz CT molecular complexity index is 1040. The molecule has 0 saturated carbocycles. The molecule has 0 bridgehead atoms. The van der Waals surface area contributed by atoms with E-state index in [-0.39, 0.29) is 17.9 Å². The van der Waals surface area contributed by atoms with Crippen molar-refractivity contribution in [2.75, 3.05) is 52.1 Å². The van der Waals surface area contributed by atoms with Crippen LogP contribution in [0.25, 0.3) is 0 Å². The average molecular weight is 493 g/mol. The van der Waals surface area contributed by atoms with Gasteiger partial charge in [0, 0.05) is 63.4 Å². The Morgan fingerprint density at radius 3 is 2.42 bits per heavy atom. The Morgan fingerprint density at radius 1 is 1.06 bits per heavy atom. The number of pyridine rings is 1. The number of hydrogen-bond donors (Lipinski definition) is 0. The number of amides is 2. The summed E-state index contributed by atoms with van der Waals surface area (Å²) in [6.45, 7) is 3.23. The highest BCUT2D eigenvalue weighted by atomic mass is 35.5. The predicted octanol–water partition coefficient (Wildman–Crippen LogP) is 2.92. The zero-order valence-corrected chi connectivity index (χ0v) is 20.2. The van der Waals surface area contributed by atoms with Crippen LogP contribution in [0.5, 0.6) is 5.88 Å². The van der Waals surface area contributed by atoms with Crippen LogP contribution in [0.1, 0.15) is 17.9 Å². The molecule has 8 nitrogen and oxygen atoms in total. The summed E-state index contributed by atoms with van der Waals surface area (Å²) in [6, 6.07) is 13.7. The number of halogens is 1. The minimum Gasteiger partial charge on any atom is -0.477 e. The number of piperazine rings is 1. The first-order valence-corrected chi connectivity index (χ1v) is 13.3. The molecular formula is C23H29ClN4O4S. The molecule has 0 radical (unpaired) electrons. The van der Waals surface area contributed by atoms with Crippen molar-refractivity contribution < 1.29 is 17.9 Å². The zero-order chi connectivity index (χ0) is 23.4. The maximum absolute atomic E-state index is 13.2. The van der Waals surface area contributed by atoms with Crippen LogP contribution in [0.3, 0.4) is 0 Å². The van der Waals surface area contributed by atoms with Gasteiger partial charge in [-0.05, 0) is 18.1 Å². The molecule has 0 aliphatic carbocycles. The largest absolute Gasteiger partial charge is 0.477 e. The number of benzene rings is 1.